The molecule has 0 atom stereocenters. The van der Waals surface area contributed by atoms with E-state index in [-0.39, 0.29) is 5.69 Å². The maximum atomic E-state index is 11.5. The lowest BCUT2D eigenvalue weighted by atomic mass is 10.0. The molecule has 0 spiro atoms. The van der Waals surface area contributed by atoms with E-state index in [9.17, 15) is 4.79 Å². The number of morpholine rings is 1. The van der Waals surface area contributed by atoms with Gasteiger partial charge in [-0.1, -0.05) is 6.07 Å². The van der Waals surface area contributed by atoms with E-state index in [0.29, 0.717) is 0 Å². The summed E-state index contributed by atoms with van der Waals surface area (Å²) in [5.41, 5.74) is 9.58. The van der Waals surface area contributed by atoms with Crippen LogP contribution in [0.25, 0.3) is 22.0 Å². The first-order chi connectivity index (χ1) is 12.2. The first-order valence-electron chi connectivity index (χ1n) is 8.23. The molecular formula is C18H19N5O2. The average molecular weight is 337 g/mol. The zero-order valence-electron chi connectivity index (χ0n) is 13.7. The molecule has 0 radical (unpaired) electrons. The van der Waals surface area contributed by atoms with Crippen LogP contribution in [0.4, 0.5) is 0 Å². The van der Waals surface area contributed by atoms with Gasteiger partial charge in [-0.05, 0) is 29.3 Å². The first-order valence-corrected chi connectivity index (χ1v) is 8.23. The summed E-state index contributed by atoms with van der Waals surface area (Å²) in [6.07, 6.45) is 3.72. The molecule has 3 N–H and O–H groups in total. The molecule has 1 aliphatic heterocycles. The molecule has 1 aromatic carbocycles. The third-order valence-corrected chi connectivity index (χ3v) is 4.43. The Bertz CT molecular complexity index is 915. The van der Waals surface area contributed by atoms with Crippen molar-refractivity contribution >= 4 is 16.8 Å². The molecular weight excluding hydrogens is 318 g/mol. The summed E-state index contributed by atoms with van der Waals surface area (Å²) in [7, 11) is 0. The van der Waals surface area contributed by atoms with Gasteiger partial charge in [0.2, 0.25) is 0 Å². The van der Waals surface area contributed by atoms with Gasteiger partial charge >= 0.3 is 0 Å². The van der Waals surface area contributed by atoms with Crippen LogP contribution in [0.5, 0.6) is 0 Å². The fraction of sp³-hybridized carbons (Fsp3) is 0.278. The number of hydrogen-bond acceptors (Lipinski definition) is 5. The van der Waals surface area contributed by atoms with Crippen molar-refractivity contribution in [3.05, 3.63) is 47.9 Å². The van der Waals surface area contributed by atoms with Crippen LogP contribution in [0.3, 0.4) is 0 Å². The molecule has 0 unspecified atom stereocenters. The summed E-state index contributed by atoms with van der Waals surface area (Å²) < 4.78 is 5.39. The highest BCUT2D eigenvalue weighted by molar-refractivity contribution is 6.04. The highest BCUT2D eigenvalue weighted by atomic mass is 16.5. The number of primary amides is 1. The molecule has 1 amide bonds. The maximum absolute atomic E-state index is 11.5. The predicted octanol–water partition coefficient (Wildman–Crippen LogP) is 1.56. The second kappa shape index (κ2) is 6.62. The summed E-state index contributed by atoms with van der Waals surface area (Å²) in [5.74, 6) is -0.539. The van der Waals surface area contributed by atoms with Crippen LogP contribution < -0.4 is 5.73 Å². The number of carbonyl (C=O) groups excluding carboxylic acids is 1. The third-order valence-electron chi connectivity index (χ3n) is 4.43. The van der Waals surface area contributed by atoms with Crippen LogP contribution in [0, 0.1) is 0 Å². The quantitative estimate of drug-likeness (QED) is 0.753. The van der Waals surface area contributed by atoms with Gasteiger partial charge in [0.1, 0.15) is 0 Å². The number of fused-ring (bicyclic) bond motifs is 1. The Kier molecular flexibility index (Phi) is 4.17. The van der Waals surface area contributed by atoms with Gasteiger partial charge in [0.15, 0.2) is 5.69 Å². The lowest BCUT2D eigenvalue weighted by molar-refractivity contribution is 0.0341. The highest BCUT2D eigenvalue weighted by Crippen LogP contribution is 2.25. The number of carbonyl (C=O) groups is 1. The monoisotopic (exact) mass is 337 g/mol. The highest BCUT2D eigenvalue weighted by Gasteiger charge is 2.13. The Morgan fingerprint density at radius 1 is 1.20 bits per heavy atom. The standard InChI is InChI=1S/C18H19N5O2/c19-18(24)17-15-8-13(1-2-16(15)21-22-17)14-7-12(9-20-10-14)11-23-3-5-25-6-4-23/h1-2,7-10H,3-6,11H2,(H2,19,24)(H,21,22). The summed E-state index contributed by atoms with van der Waals surface area (Å²) in [5, 5.41) is 7.55. The molecule has 7 nitrogen and oxygen atoms in total. The number of pyridine rings is 1. The van der Waals surface area contributed by atoms with Gasteiger partial charge in [-0.2, -0.15) is 5.10 Å². The van der Waals surface area contributed by atoms with Crippen LogP contribution in [0.2, 0.25) is 0 Å². The van der Waals surface area contributed by atoms with Gasteiger partial charge in [0.25, 0.3) is 5.91 Å². The zero-order valence-corrected chi connectivity index (χ0v) is 13.7. The van der Waals surface area contributed by atoms with Gasteiger partial charge in [-0.15, -0.1) is 0 Å². The van der Waals surface area contributed by atoms with Crippen LogP contribution in [-0.2, 0) is 11.3 Å². The number of nitrogens with one attached hydrogen (secondary N) is 1. The molecule has 3 heterocycles. The Morgan fingerprint density at radius 2 is 2.04 bits per heavy atom. The Balaban J connectivity index is 1.64. The minimum atomic E-state index is -0.539. The number of nitrogens with two attached hydrogens (primary N) is 1. The fourth-order valence-electron chi connectivity index (χ4n) is 3.13. The van der Waals surface area contributed by atoms with Crippen molar-refractivity contribution in [1.82, 2.24) is 20.1 Å². The Hall–Kier alpha value is -2.77. The van der Waals surface area contributed by atoms with Crippen LogP contribution in [0.15, 0.2) is 36.7 Å². The summed E-state index contributed by atoms with van der Waals surface area (Å²) in [4.78, 5) is 18.2. The minimum Gasteiger partial charge on any atom is -0.379 e. The molecule has 2 aromatic heterocycles. The molecule has 1 fully saturated rings. The number of nitrogens with zero attached hydrogens (tertiary/aromatic N) is 3. The minimum absolute atomic E-state index is 0.259. The van der Waals surface area contributed by atoms with Crippen molar-refractivity contribution in [3.63, 3.8) is 0 Å². The van der Waals surface area contributed by atoms with E-state index in [0.717, 1.165) is 60.4 Å². The van der Waals surface area contributed by atoms with Crippen LogP contribution >= 0.6 is 0 Å². The lowest BCUT2D eigenvalue weighted by Crippen LogP contribution is -2.35. The molecule has 128 valence electrons. The number of aromatic amines is 1. The van der Waals surface area contributed by atoms with E-state index in [2.05, 4.69) is 26.1 Å². The number of aromatic nitrogens is 3. The van der Waals surface area contributed by atoms with Crippen molar-refractivity contribution in [2.75, 3.05) is 26.3 Å². The topological polar surface area (TPSA) is 97.1 Å². The summed E-state index contributed by atoms with van der Waals surface area (Å²) in [6.45, 7) is 4.28. The van der Waals surface area contributed by atoms with Crippen molar-refractivity contribution in [3.8, 4) is 11.1 Å². The molecule has 25 heavy (non-hydrogen) atoms. The number of amides is 1. The molecule has 1 saturated heterocycles. The van der Waals surface area contributed by atoms with Crippen molar-refractivity contribution in [2.24, 2.45) is 5.73 Å². The SMILES string of the molecule is NC(=O)c1n[nH]c2ccc(-c3cncc(CN4CCOCC4)c3)cc12. The van der Waals surface area contributed by atoms with Gasteiger partial charge in [0, 0.05) is 43.0 Å². The number of ether oxygens (including phenoxy) is 1. The number of hydrogen-bond donors (Lipinski definition) is 2. The van der Waals surface area contributed by atoms with Crippen molar-refractivity contribution in [1.29, 1.82) is 0 Å². The van der Waals surface area contributed by atoms with Crippen LogP contribution in [-0.4, -0.2) is 52.3 Å². The number of rotatable bonds is 4. The van der Waals surface area contributed by atoms with Gasteiger partial charge in [-0.25, -0.2) is 0 Å². The molecule has 3 aromatic rings. The fourth-order valence-corrected chi connectivity index (χ4v) is 3.13. The van der Waals surface area contributed by atoms with Crippen molar-refractivity contribution < 1.29 is 9.53 Å². The zero-order chi connectivity index (χ0) is 17.2. The molecule has 0 aliphatic carbocycles. The number of H-pyrrole nitrogens is 1. The molecule has 7 heteroatoms. The Morgan fingerprint density at radius 3 is 2.84 bits per heavy atom. The first kappa shape index (κ1) is 15.7. The Labute approximate surface area is 144 Å². The molecule has 1 aliphatic rings. The van der Waals surface area contributed by atoms with Gasteiger partial charge < -0.3 is 10.5 Å². The van der Waals surface area contributed by atoms with Gasteiger partial charge in [0.05, 0.1) is 18.7 Å². The van der Waals surface area contributed by atoms with Crippen LogP contribution in [0.1, 0.15) is 16.1 Å². The second-order valence-electron chi connectivity index (χ2n) is 6.17. The van der Waals surface area contributed by atoms with E-state index in [1.54, 1.807) is 0 Å². The largest absolute Gasteiger partial charge is 0.379 e. The normalized spacial score (nSPS) is 15.5. The lowest BCUT2D eigenvalue weighted by Gasteiger charge is -2.26. The van der Waals surface area contributed by atoms with E-state index >= 15 is 0 Å². The summed E-state index contributed by atoms with van der Waals surface area (Å²) >= 11 is 0. The average Bonchev–Trinajstić information content (AvgIpc) is 3.06. The van der Waals surface area contributed by atoms with E-state index in [1.165, 1.54) is 0 Å². The maximum Gasteiger partial charge on any atom is 0.269 e. The van der Waals surface area contributed by atoms with E-state index < -0.39 is 5.91 Å². The smallest absolute Gasteiger partial charge is 0.269 e. The molecule has 0 bridgehead atoms. The molecule has 0 saturated carbocycles. The summed E-state index contributed by atoms with van der Waals surface area (Å²) in [6, 6.07) is 7.95. The van der Waals surface area contributed by atoms with E-state index in [4.69, 9.17) is 10.5 Å². The van der Waals surface area contributed by atoms with Crippen molar-refractivity contribution in [2.45, 2.75) is 6.54 Å². The third kappa shape index (κ3) is 3.24. The predicted molar refractivity (Wildman–Crippen MR) is 93.9 cm³/mol. The van der Waals surface area contributed by atoms with E-state index in [1.807, 2.05) is 30.6 Å². The van der Waals surface area contributed by atoms with Gasteiger partial charge in [-0.3, -0.25) is 19.8 Å². The molecule has 4 rings (SSSR count). The second-order valence-corrected chi connectivity index (χ2v) is 6.17. The number of benzene rings is 1.